The Morgan fingerprint density at radius 2 is 1.76 bits per heavy atom. The monoisotopic (exact) mass is 289 g/mol. The second-order valence-corrected chi connectivity index (χ2v) is 6.42. The molecule has 1 saturated carbocycles. The third-order valence-electron chi connectivity index (χ3n) is 5.37. The van der Waals surface area contributed by atoms with Crippen LogP contribution in [0, 0.1) is 11.8 Å². The summed E-state index contributed by atoms with van der Waals surface area (Å²) in [4.78, 5) is 0. The van der Waals surface area contributed by atoms with E-state index in [0.29, 0.717) is 5.92 Å². The largest absolute Gasteiger partial charge is 0.493 e. The molecule has 1 aromatic rings. The van der Waals surface area contributed by atoms with Gasteiger partial charge in [0.25, 0.3) is 0 Å². The zero-order chi connectivity index (χ0) is 14.7. The SMILES string of the molecule is COc1ccc(C2CCNCC2C2CCCC2)cc1OC. The summed E-state index contributed by atoms with van der Waals surface area (Å²) in [5.41, 5.74) is 1.42. The second kappa shape index (κ2) is 6.69. The van der Waals surface area contributed by atoms with Gasteiger partial charge in [0.15, 0.2) is 11.5 Å². The van der Waals surface area contributed by atoms with E-state index < -0.39 is 0 Å². The van der Waals surface area contributed by atoms with Crippen molar-refractivity contribution in [2.45, 2.75) is 38.0 Å². The maximum atomic E-state index is 5.49. The lowest BCUT2D eigenvalue weighted by Gasteiger charge is -2.36. The summed E-state index contributed by atoms with van der Waals surface area (Å²) in [6, 6.07) is 6.48. The molecule has 1 aromatic carbocycles. The highest BCUT2D eigenvalue weighted by molar-refractivity contribution is 5.44. The fraction of sp³-hybridized carbons (Fsp3) is 0.667. The van der Waals surface area contributed by atoms with E-state index >= 15 is 0 Å². The summed E-state index contributed by atoms with van der Waals surface area (Å²) < 4.78 is 10.9. The van der Waals surface area contributed by atoms with Crippen LogP contribution in [0.5, 0.6) is 11.5 Å². The van der Waals surface area contributed by atoms with Gasteiger partial charge in [-0.3, -0.25) is 0 Å². The predicted molar refractivity (Wildman–Crippen MR) is 85.2 cm³/mol. The molecule has 1 aliphatic carbocycles. The highest BCUT2D eigenvalue weighted by Gasteiger charge is 2.34. The van der Waals surface area contributed by atoms with Crippen LogP contribution in [0.2, 0.25) is 0 Å². The zero-order valence-electron chi connectivity index (χ0n) is 13.2. The van der Waals surface area contributed by atoms with Crippen LogP contribution < -0.4 is 14.8 Å². The van der Waals surface area contributed by atoms with Gasteiger partial charge >= 0.3 is 0 Å². The summed E-state index contributed by atoms with van der Waals surface area (Å²) in [5, 5.41) is 3.61. The van der Waals surface area contributed by atoms with Crippen molar-refractivity contribution in [3.05, 3.63) is 23.8 Å². The molecular formula is C18H27NO2. The smallest absolute Gasteiger partial charge is 0.160 e. The quantitative estimate of drug-likeness (QED) is 0.919. The molecule has 0 bridgehead atoms. The number of benzene rings is 1. The van der Waals surface area contributed by atoms with Crippen LogP contribution in [0.1, 0.15) is 43.6 Å². The summed E-state index contributed by atoms with van der Waals surface area (Å²) in [6.45, 7) is 2.30. The first kappa shape index (κ1) is 14.7. The van der Waals surface area contributed by atoms with Gasteiger partial charge in [0.05, 0.1) is 14.2 Å². The van der Waals surface area contributed by atoms with Gasteiger partial charge in [0.2, 0.25) is 0 Å². The molecule has 2 atom stereocenters. The van der Waals surface area contributed by atoms with Gasteiger partial charge in [-0.1, -0.05) is 31.7 Å². The van der Waals surface area contributed by atoms with E-state index in [9.17, 15) is 0 Å². The first-order chi connectivity index (χ1) is 10.3. The van der Waals surface area contributed by atoms with Crippen molar-refractivity contribution in [1.82, 2.24) is 5.32 Å². The van der Waals surface area contributed by atoms with E-state index in [0.717, 1.165) is 29.9 Å². The molecule has 2 fully saturated rings. The van der Waals surface area contributed by atoms with Crippen LogP contribution in [0.4, 0.5) is 0 Å². The minimum Gasteiger partial charge on any atom is -0.493 e. The zero-order valence-corrected chi connectivity index (χ0v) is 13.2. The molecule has 1 saturated heterocycles. The molecule has 21 heavy (non-hydrogen) atoms. The lowest BCUT2D eigenvalue weighted by Crippen LogP contribution is -2.38. The maximum Gasteiger partial charge on any atom is 0.160 e. The molecule has 2 unspecified atom stereocenters. The van der Waals surface area contributed by atoms with Gasteiger partial charge in [-0.2, -0.15) is 0 Å². The van der Waals surface area contributed by atoms with Crippen molar-refractivity contribution in [3.63, 3.8) is 0 Å². The molecule has 3 heteroatoms. The predicted octanol–water partition coefficient (Wildman–Crippen LogP) is 3.59. The van der Waals surface area contributed by atoms with Crippen molar-refractivity contribution in [3.8, 4) is 11.5 Å². The van der Waals surface area contributed by atoms with Crippen molar-refractivity contribution < 1.29 is 9.47 Å². The standard InChI is InChI=1S/C18H27NO2/c1-20-17-8-7-14(11-18(17)21-2)15-9-10-19-12-16(15)13-5-3-4-6-13/h7-8,11,13,15-16,19H,3-6,9-10,12H2,1-2H3. The summed E-state index contributed by atoms with van der Waals surface area (Å²) in [7, 11) is 3.42. The molecule has 1 aliphatic heterocycles. The number of rotatable bonds is 4. The Hall–Kier alpha value is -1.22. The maximum absolute atomic E-state index is 5.49. The Balaban J connectivity index is 1.85. The normalized spacial score (nSPS) is 26.8. The molecular weight excluding hydrogens is 262 g/mol. The number of hydrogen-bond donors (Lipinski definition) is 1. The van der Waals surface area contributed by atoms with Gasteiger partial charge in [-0.05, 0) is 55.0 Å². The van der Waals surface area contributed by atoms with E-state index in [2.05, 4.69) is 23.5 Å². The van der Waals surface area contributed by atoms with E-state index in [1.54, 1.807) is 14.2 Å². The van der Waals surface area contributed by atoms with Gasteiger partial charge < -0.3 is 14.8 Å². The molecule has 0 spiro atoms. The highest BCUT2D eigenvalue weighted by atomic mass is 16.5. The first-order valence-electron chi connectivity index (χ1n) is 8.26. The average Bonchev–Trinajstić information content (AvgIpc) is 3.08. The number of ether oxygens (including phenoxy) is 2. The molecule has 2 aliphatic rings. The van der Waals surface area contributed by atoms with Crippen LogP contribution in [-0.4, -0.2) is 27.3 Å². The summed E-state index contributed by atoms with van der Waals surface area (Å²) in [6.07, 6.45) is 6.89. The van der Waals surface area contributed by atoms with E-state index in [4.69, 9.17) is 9.47 Å². The van der Waals surface area contributed by atoms with Crippen molar-refractivity contribution in [2.24, 2.45) is 11.8 Å². The third-order valence-corrected chi connectivity index (χ3v) is 5.37. The Kier molecular flexibility index (Phi) is 4.69. The number of hydrogen-bond acceptors (Lipinski definition) is 3. The lowest BCUT2D eigenvalue weighted by molar-refractivity contribution is 0.230. The summed E-state index contributed by atoms with van der Waals surface area (Å²) in [5.74, 6) is 4.02. The molecule has 1 heterocycles. The molecule has 0 amide bonds. The fourth-order valence-corrected chi connectivity index (χ4v) is 4.26. The number of nitrogens with one attached hydrogen (secondary N) is 1. The molecule has 0 radical (unpaired) electrons. The fourth-order valence-electron chi connectivity index (χ4n) is 4.26. The first-order valence-corrected chi connectivity index (χ1v) is 8.26. The van der Waals surface area contributed by atoms with Crippen LogP contribution in [0.3, 0.4) is 0 Å². The Bertz CT molecular complexity index is 468. The third kappa shape index (κ3) is 3.03. The van der Waals surface area contributed by atoms with E-state index in [-0.39, 0.29) is 0 Å². The molecule has 3 nitrogen and oxygen atoms in total. The minimum atomic E-state index is 0.661. The average molecular weight is 289 g/mol. The minimum absolute atomic E-state index is 0.661. The van der Waals surface area contributed by atoms with Crippen LogP contribution in [0.25, 0.3) is 0 Å². The molecule has 116 valence electrons. The highest BCUT2D eigenvalue weighted by Crippen LogP contribution is 2.43. The Morgan fingerprint density at radius 1 is 1.00 bits per heavy atom. The van der Waals surface area contributed by atoms with Crippen LogP contribution in [-0.2, 0) is 0 Å². The van der Waals surface area contributed by atoms with Gasteiger partial charge in [-0.25, -0.2) is 0 Å². The van der Waals surface area contributed by atoms with Gasteiger partial charge in [-0.15, -0.1) is 0 Å². The molecule has 3 rings (SSSR count). The van der Waals surface area contributed by atoms with Crippen molar-refractivity contribution in [1.29, 1.82) is 0 Å². The van der Waals surface area contributed by atoms with Crippen LogP contribution >= 0.6 is 0 Å². The number of piperidine rings is 1. The van der Waals surface area contributed by atoms with Gasteiger partial charge in [0, 0.05) is 0 Å². The summed E-state index contributed by atoms with van der Waals surface area (Å²) >= 11 is 0. The second-order valence-electron chi connectivity index (χ2n) is 6.42. The topological polar surface area (TPSA) is 30.5 Å². The lowest BCUT2D eigenvalue weighted by atomic mass is 9.73. The van der Waals surface area contributed by atoms with E-state index in [1.807, 2.05) is 0 Å². The van der Waals surface area contributed by atoms with Gasteiger partial charge in [0.1, 0.15) is 0 Å². The van der Waals surface area contributed by atoms with E-state index in [1.165, 1.54) is 44.2 Å². The molecule has 1 N–H and O–H groups in total. The Labute approximate surface area is 128 Å². The molecule has 0 aromatic heterocycles. The van der Waals surface area contributed by atoms with Crippen molar-refractivity contribution >= 4 is 0 Å². The van der Waals surface area contributed by atoms with Crippen molar-refractivity contribution in [2.75, 3.05) is 27.3 Å². The Morgan fingerprint density at radius 3 is 2.48 bits per heavy atom. The van der Waals surface area contributed by atoms with Crippen LogP contribution in [0.15, 0.2) is 18.2 Å². The number of methoxy groups -OCH3 is 2.